The molecule has 0 saturated carbocycles. The zero-order chi connectivity index (χ0) is 25.7. The third kappa shape index (κ3) is 5.25. The molecule has 0 aliphatic carbocycles. The number of rotatable bonds is 10. The number of benzene rings is 3. The molecular weight excluding hydrogens is 488 g/mol. The maximum Gasteiger partial charge on any atom is 0.264 e. The van der Waals surface area contributed by atoms with Gasteiger partial charge < -0.3 is 29.0 Å². The van der Waals surface area contributed by atoms with Crippen LogP contribution >= 0.6 is 0 Å². The van der Waals surface area contributed by atoms with Crippen molar-refractivity contribution in [3.05, 3.63) is 66.2 Å². The molecule has 0 spiro atoms. The Hall–Kier alpha value is -4.12. The lowest BCUT2D eigenvalue weighted by Crippen LogP contribution is -2.40. The fourth-order valence-electron chi connectivity index (χ4n) is 3.61. The largest absolute Gasteiger partial charge is 0.497 e. The normalized spacial score (nSPS) is 12.1. The lowest BCUT2D eigenvalue weighted by molar-refractivity contribution is -0.119. The minimum Gasteiger partial charge on any atom is -0.497 e. The van der Waals surface area contributed by atoms with E-state index in [1.807, 2.05) is 0 Å². The second-order valence-corrected chi connectivity index (χ2v) is 9.55. The molecule has 3 aromatic carbocycles. The van der Waals surface area contributed by atoms with Gasteiger partial charge in [0.2, 0.25) is 12.7 Å². The summed E-state index contributed by atoms with van der Waals surface area (Å²) in [5, 5.41) is 2.77. The minimum atomic E-state index is -4.16. The van der Waals surface area contributed by atoms with E-state index in [0.717, 1.165) is 9.87 Å². The molecule has 11 heteroatoms. The zero-order valence-corrected chi connectivity index (χ0v) is 20.8. The Balaban J connectivity index is 1.59. The number of ether oxygens (including phenoxy) is 5. The highest BCUT2D eigenvalue weighted by molar-refractivity contribution is 7.92. The highest BCUT2D eigenvalue weighted by atomic mass is 32.2. The van der Waals surface area contributed by atoms with Crippen molar-refractivity contribution in [1.29, 1.82) is 0 Å². The summed E-state index contributed by atoms with van der Waals surface area (Å²) in [4.78, 5) is 12.9. The maximum absolute atomic E-state index is 13.7. The third-order valence-corrected chi connectivity index (χ3v) is 7.29. The van der Waals surface area contributed by atoms with Gasteiger partial charge in [-0.2, -0.15) is 0 Å². The molecule has 1 amide bonds. The van der Waals surface area contributed by atoms with Gasteiger partial charge in [-0.1, -0.05) is 6.07 Å². The number of methoxy groups -OCH3 is 3. The number of carbonyl (C=O) groups is 1. The van der Waals surface area contributed by atoms with Crippen LogP contribution in [-0.4, -0.2) is 49.0 Å². The van der Waals surface area contributed by atoms with Crippen LogP contribution in [0.15, 0.2) is 65.6 Å². The molecule has 0 saturated heterocycles. The van der Waals surface area contributed by atoms with Gasteiger partial charge in [0.05, 0.1) is 31.9 Å². The number of hydrogen-bond acceptors (Lipinski definition) is 8. The predicted molar refractivity (Wildman–Crippen MR) is 131 cm³/mol. The summed E-state index contributed by atoms with van der Waals surface area (Å²) in [6, 6.07) is 16.0. The van der Waals surface area contributed by atoms with Gasteiger partial charge in [0, 0.05) is 12.6 Å². The van der Waals surface area contributed by atoms with E-state index in [4.69, 9.17) is 23.7 Å². The van der Waals surface area contributed by atoms with Crippen LogP contribution in [0, 0.1) is 0 Å². The molecule has 0 radical (unpaired) electrons. The van der Waals surface area contributed by atoms with E-state index in [9.17, 15) is 13.2 Å². The van der Waals surface area contributed by atoms with Crippen LogP contribution < -0.4 is 33.3 Å². The van der Waals surface area contributed by atoms with E-state index in [1.165, 1.54) is 39.5 Å². The highest BCUT2D eigenvalue weighted by Gasteiger charge is 2.28. The molecule has 1 aliphatic rings. The quantitative estimate of drug-likeness (QED) is 0.440. The number of hydrogen-bond donors (Lipinski definition) is 1. The Bertz CT molecular complexity index is 1340. The summed E-state index contributed by atoms with van der Waals surface area (Å²) in [7, 11) is 0.227. The fourth-order valence-corrected chi connectivity index (χ4v) is 5.04. The van der Waals surface area contributed by atoms with E-state index < -0.39 is 22.5 Å². The van der Waals surface area contributed by atoms with Crippen LogP contribution in [0.5, 0.6) is 28.7 Å². The summed E-state index contributed by atoms with van der Waals surface area (Å²) in [5.74, 6) is 1.92. The second kappa shape index (κ2) is 10.6. The number of fused-ring (bicyclic) bond motifs is 1. The third-order valence-electron chi connectivity index (χ3n) is 5.52. The molecule has 0 fully saturated rings. The van der Waals surface area contributed by atoms with Crippen molar-refractivity contribution in [1.82, 2.24) is 5.32 Å². The molecule has 36 heavy (non-hydrogen) atoms. The van der Waals surface area contributed by atoms with Gasteiger partial charge in [-0.3, -0.25) is 9.10 Å². The highest BCUT2D eigenvalue weighted by Crippen LogP contribution is 2.33. The second-order valence-electron chi connectivity index (χ2n) is 7.69. The average molecular weight is 515 g/mol. The minimum absolute atomic E-state index is 0.0560. The van der Waals surface area contributed by atoms with E-state index in [-0.39, 0.29) is 24.0 Å². The van der Waals surface area contributed by atoms with Gasteiger partial charge in [0.15, 0.2) is 23.0 Å². The Labute approximate surface area is 209 Å². The van der Waals surface area contributed by atoms with Crippen molar-refractivity contribution < 1.29 is 36.9 Å². The number of nitrogens with zero attached hydrogens (tertiary/aromatic N) is 1. The van der Waals surface area contributed by atoms with E-state index in [0.29, 0.717) is 28.7 Å². The molecule has 0 bridgehead atoms. The first kappa shape index (κ1) is 25.0. The van der Waals surface area contributed by atoms with Gasteiger partial charge in [-0.05, 0) is 54.1 Å². The first-order valence-electron chi connectivity index (χ1n) is 10.9. The predicted octanol–water partition coefficient (Wildman–Crippen LogP) is 2.95. The Morgan fingerprint density at radius 1 is 0.889 bits per heavy atom. The molecule has 10 nitrogen and oxygen atoms in total. The SMILES string of the molecule is COc1ccc(N(CC(=O)NCc2ccc3c(c2)OCO3)S(=O)(=O)c2ccc(OC)c(OC)c2)cc1. The smallest absolute Gasteiger partial charge is 0.264 e. The monoisotopic (exact) mass is 514 g/mol. The van der Waals surface area contributed by atoms with E-state index in [1.54, 1.807) is 42.5 Å². The Morgan fingerprint density at radius 2 is 1.61 bits per heavy atom. The van der Waals surface area contributed by atoms with Crippen LogP contribution in [0.4, 0.5) is 5.69 Å². The number of sulfonamides is 1. The molecule has 1 N–H and O–H groups in total. The lowest BCUT2D eigenvalue weighted by Gasteiger charge is -2.24. The van der Waals surface area contributed by atoms with Gasteiger partial charge in [0.25, 0.3) is 10.0 Å². The molecule has 190 valence electrons. The summed E-state index contributed by atoms with van der Waals surface area (Å²) >= 11 is 0. The zero-order valence-electron chi connectivity index (χ0n) is 20.0. The van der Waals surface area contributed by atoms with Crippen molar-refractivity contribution in [3.8, 4) is 28.7 Å². The summed E-state index contributed by atoms with van der Waals surface area (Å²) in [6.45, 7) is -0.119. The topological polar surface area (TPSA) is 113 Å². The Kier molecular flexibility index (Phi) is 7.39. The molecule has 0 atom stereocenters. The average Bonchev–Trinajstić information content (AvgIpc) is 3.38. The summed E-state index contributed by atoms with van der Waals surface area (Å²) in [6.07, 6.45) is 0. The van der Waals surface area contributed by atoms with Gasteiger partial charge in [-0.25, -0.2) is 8.42 Å². The fraction of sp³-hybridized carbons (Fsp3) is 0.240. The summed E-state index contributed by atoms with van der Waals surface area (Å²) in [5.41, 5.74) is 1.08. The van der Waals surface area contributed by atoms with E-state index in [2.05, 4.69) is 5.32 Å². The molecular formula is C25H26N2O8S. The first-order valence-corrected chi connectivity index (χ1v) is 12.3. The van der Waals surface area contributed by atoms with Crippen molar-refractivity contribution in [2.75, 3.05) is 39.0 Å². The van der Waals surface area contributed by atoms with Crippen molar-refractivity contribution in [3.63, 3.8) is 0 Å². The summed E-state index contributed by atoms with van der Waals surface area (Å²) < 4.78 is 54.7. The molecule has 1 heterocycles. The van der Waals surface area contributed by atoms with Crippen LogP contribution in [-0.2, 0) is 21.4 Å². The number of amides is 1. The van der Waals surface area contributed by atoms with Crippen LogP contribution in [0.25, 0.3) is 0 Å². The molecule has 1 aliphatic heterocycles. The molecule has 0 aromatic heterocycles. The number of carbonyl (C=O) groups excluding carboxylic acids is 1. The molecule has 0 unspecified atom stereocenters. The first-order chi connectivity index (χ1) is 17.3. The van der Waals surface area contributed by atoms with Crippen LogP contribution in [0.3, 0.4) is 0 Å². The van der Waals surface area contributed by atoms with Crippen LogP contribution in [0.2, 0.25) is 0 Å². The number of anilines is 1. The van der Waals surface area contributed by atoms with Crippen molar-refractivity contribution in [2.24, 2.45) is 0 Å². The van der Waals surface area contributed by atoms with Gasteiger partial charge in [-0.15, -0.1) is 0 Å². The molecule has 4 rings (SSSR count). The van der Waals surface area contributed by atoms with Crippen molar-refractivity contribution in [2.45, 2.75) is 11.4 Å². The Morgan fingerprint density at radius 3 is 2.31 bits per heavy atom. The van der Waals surface area contributed by atoms with Crippen LogP contribution in [0.1, 0.15) is 5.56 Å². The molecule has 3 aromatic rings. The van der Waals surface area contributed by atoms with E-state index >= 15 is 0 Å². The maximum atomic E-state index is 13.7. The van der Waals surface area contributed by atoms with Crippen molar-refractivity contribution >= 4 is 21.6 Å². The lowest BCUT2D eigenvalue weighted by atomic mass is 10.2. The van der Waals surface area contributed by atoms with Gasteiger partial charge in [0.1, 0.15) is 12.3 Å². The number of nitrogens with one attached hydrogen (secondary N) is 1. The van der Waals surface area contributed by atoms with Gasteiger partial charge >= 0.3 is 0 Å². The standard InChI is InChI=1S/C25H26N2O8S/c1-31-19-7-5-18(6-8-19)27(36(29,30)20-9-11-21(32-2)23(13-20)33-3)15-25(28)26-14-17-4-10-22-24(12-17)35-16-34-22/h4-13H,14-16H2,1-3H3,(H,26,28).